The molecule has 3 aliphatic rings. The van der Waals surface area contributed by atoms with Crippen LogP contribution >= 0.6 is 0 Å². The Bertz CT molecular complexity index is 2080. The van der Waals surface area contributed by atoms with Crippen molar-refractivity contribution in [3.63, 3.8) is 0 Å². The first kappa shape index (κ1) is 29.6. The van der Waals surface area contributed by atoms with Crippen LogP contribution in [0.5, 0.6) is 0 Å². The second-order valence-corrected chi connectivity index (χ2v) is 12.4. The maximum atomic E-state index is 3.95. The van der Waals surface area contributed by atoms with Crippen LogP contribution in [-0.4, -0.2) is 14.1 Å². The fourth-order valence-corrected chi connectivity index (χ4v) is 7.69. The summed E-state index contributed by atoms with van der Waals surface area (Å²) in [6, 6.07) is 55.8. The Morgan fingerprint density at radius 2 is 0.979 bits per heavy atom. The summed E-state index contributed by atoms with van der Waals surface area (Å²) in [7, 11) is 4.20. The number of fused-ring (bicyclic) bond motifs is 5. The van der Waals surface area contributed by atoms with Crippen LogP contribution in [0, 0.1) is 25.5 Å². The fourth-order valence-electron chi connectivity index (χ4n) is 7.69. The van der Waals surface area contributed by atoms with E-state index in [1.54, 1.807) is 0 Å². The smallest absolute Gasteiger partial charge is 0.504 e. The summed E-state index contributed by atoms with van der Waals surface area (Å²) in [5.41, 5.74) is 13.8. The zero-order valence-corrected chi connectivity index (χ0v) is 28.4. The second kappa shape index (κ2) is 11.5. The molecule has 0 saturated carbocycles. The van der Waals surface area contributed by atoms with Crippen molar-refractivity contribution in [2.24, 2.45) is 0 Å². The van der Waals surface area contributed by atoms with Gasteiger partial charge in [0.05, 0.1) is 0 Å². The molecule has 1 aliphatic carbocycles. The van der Waals surface area contributed by atoms with Crippen LogP contribution in [-0.2, 0) is 32.9 Å². The third kappa shape index (κ3) is 4.53. The molecule has 0 fully saturated rings. The summed E-state index contributed by atoms with van der Waals surface area (Å²) in [4.78, 5) is 8.85. The third-order valence-corrected chi connectivity index (χ3v) is 9.74. The molecule has 230 valence electrons. The van der Waals surface area contributed by atoms with Crippen molar-refractivity contribution in [3.8, 4) is 11.1 Å². The van der Waals surface area contributed by atoms with Crippen LogP contribution in [0.1, 0.15) is 22.3 Å². The van der Waals surface area contributed by atoms with Crippen molar-refractivity contribution >= 4 is 34.1 Å². The summed E-state index contributed by atoms with van der Waals surface area (Å²) < 4.78 is 0. The van der Waals surface area contributed by atoms with E-state index in [9.17, 15) is 0 Å². The van der Waals surface area contributed by atoms with Gasteiger partial charge in [0.1, 0.15) is 0 Å². The molecule has 0 N–H and O–H groups in total. The number of benzene rings is 6. The van der Waals surface area contributed by atoms with E-state index in [1.165, 1.54) is 33.6 Å². The molecule has 0 saturated heterocycles. The van der Waals surface area contributed by atoms with Crippen LogP contribution in [0.15, 0.2) is 133 Å². The molecular formula is C42H32N4Pt. The van der Waals surface area contributed by atoms with Gasteiger partial charge in [0.15, 0.2) is 0 Å². The van der Waals surface area contributed by atoms with E-state index in [1.807, 2.05) is 0 Å². The van der Waals surface area contributed by atoms with Crippen LogP contribution in [0.2, 0.25) is 0 Å². The molecule has 0 spiro atoms. The average Bonchev–Trinajstić information content (AvgIpc) is 3.73. The molecule has 9 rings (SSSR count). The molecule has 0 radical (unpaired) electrons. The monoisotopic (exact) mass is 787 g/mol. The molecule has 4 nitrogen and oxygen atoms in total. The maximum absolute atomic E-state index is 3.95. The number of rotatable bonds is 5. The largest absolute Gasteiger partial charge is 4.00 e. The summed E-state index contributed by atoms with van der Waals surface area (Å²) in [6.45, 7) is 4.30. The minimum Gasteiger partial charge on any atom is -0.504 e. The van der Waals surface area contributed by atoms with Gasteiger partial charge in [0, 0.05) is 28.2 Å². The molecule has 2 aliphatic heterocycles. The Morgan fingerprint density at radius 1 is 0.511 bits per heavy atom. The summed E-state index contributed by atoms with van der Waals surface area (Å²) in [5.74, 6) is 0. The Kier molecular flexibility index (Phi) is 7.22. The van der Waals surface area contributed by atoms with E-state index in [0.717, 1.165) is 40.3 Å². The molecule has 6 aromatic rings. The zero-order valence-electron chi connectivity index (χ0n) is 26.2. The summed E-state index contributed by atoms with van der Waals surface area (Å²) in [6.07, 6.45) is 0.750. The molecule has 0 aromatic heterocycles. The fraction of sp³-hybridized carbons (Fsp3) is 0.0952. The number of anilines is 6. The van der Waals surface area contributed by atoms with Crippen molar-refractivity contribution < 1.29 is 21.1 Å². The third-order valence-electron chi connectivity index (χ3n) is 9.74. The molecular weight excluding hydrogens is 756 g/mol. The number of para-hydroxylation sites is 4. The summed E-state index contributed by atoms with van der Waals surface area (Å²) in [5, 5.41) is 0. The molecule has 5 heteroatoms. The van der Waals surface area contributed by atoms with Gasteiger partial charge in [0.2, 0.25) is 0 Å². The molecule has 2 heterocycles. The van der Waals surface area contributed by atoms with E-state index in [0.29, 0.717) is 0 Å². The first-order valence-corrected chi connectivity index (χ1v) is 15.8. The molecule has 47 heavy (non-hydrogen) atoms. The predicted molar refractivity (Wildman–Crippen MR) is 189 cm³/mol. The van der Waals surface area contributed by atoms with E-state index in [2.05, 4.69) is 193 Å². The van der Waals surface area contributed by atoms with Crippen LogP contribution < -0.4 is 19.6 Å². The standard InChI is InChI=1S/C42H32N4.Pt/c1-43-28-45(40-23-9-7-21-38(40)43)32-15-11-13-30(25-32)27-42(36-19-5-3-17-34(36)35-18-4-6-20-37(35)42)31-14-12-16-33(26-31)46-29-44(2)39-22-8-10-24-41(39)46;/h3-24,28-29H,27H2,1-2H3;/q-4;+4. The van der Waals surface area contributed by atoms with Gasteiger partial charge < -0.3 is 19.6 Å². The summed E-state index contributed by atoms with van der Waals surface area (Å²) >= 11 is 0. The van der Waals surface area contributed by atoms with Crippen molar-refractivity contribution in [2.45, 2.75) is 11.8 Å². The van der Waals surface area contributed by atoms with E-state index in [4.69, 9.17) is 0 Å². The molecule has 6 aromatic carbocycles. The van der Waals surface area contributed by atoms with Gasteiger partial charge in [0.25, 0.3) is 0 Å². The van der Waals surface area contributed by atoms with Gasteiger partial charge in [-0.1, -0.05) is 72.8 Å². The van der Waals surface area contributed by atoms with E-state index < -0.39 is 5.41 Å². The Labute approximate surface area is 291 Å². The topological polar surface area (TPSA) is 13.0 Å². The average molecular weight is 788 g/mol. The minimum atomic E-state index is -0.452. The van der Waals surface area contributed by atoms with Crippen molar-refractivity contribution in [1.29, 1.82) is 0 Å². The van der Waals surface area contributed by atoms with Gasteiger partial charge in [-0.15, -0.1) is 16.9 Å². The molecule has 0 bridgehead atoms. The van der Waals surface area contributed by atoms with Crippen LogP contribution in [0.25, 0.3) is 11.1 Å². The minimum absolute atomic E-state index is 0. The quantitative estimate of drug-likeness (QED) is 0.162. The number of nitrogens with zero attached hydrogens (tertiary/aromatic N) is 4. The SMILES string of the molecule is CN1[CH-]N(c2[c-]c(CC3(c4[c-]c(N5[CH-]N(C)c6ccccc65)ccc4)c4ccccc4-c4ccccc43)ccc2)c2ccccc21.[Pt+4]. The van der Waals surface area contributed by atoms with Crippen molar-refractivity contribution in [3.05, 3.63) is 181 Å². The first-order valence-electron chi connectivity index (χ1n) is 15.8. The molecule has 0 amide bonds. The zero-order chi connectivity index (χ0) is 30.8. The normalized spacial score (nSPS) is 15.2. The maximum Gasteiger partial charge on any atom is 4.00 e. The van der Waals surface area contributed by atoms with E-state index >= 15 is 0 Å². The van der Waals surface area contributed by atoms with Gasteiger partial charge >= 0.3 is 21.1 Å². The number of hydrogen-bond donors (Lipinski definition) is 0. The van der Waals surface area contributed by atoms with Gasteiger partial charge in [-0.3, -0.25) is 0 Å². The number of hydrogen-bond acceptors (Lipinski definition) is 4. The van der Waals surface area contributed by atoms with Crippen molar-refractivity contribution in [2.75, 3.05) is 33.7 Å². The van der Waals surface area contributed by atoms with Crippen molar-refractivity contribution in [1.82, 2.24) is 0 Å². The first-order chi connectivity index (χ1) is 22.6. The van der Waals surface area contributed by atoms with E-state index in [-0.39, 0.29) is 21.1 Å². The van der Waals surface area contributed by atoms with Gasteiger partial charge in [-0.2, -0.15) is 67.4 Å². The second-order valence-electron chi connectivity index (χ2n) is 12.4. The molecule has 0 unspecified atom stereocenters. The Hall–Kier alpha value is -4.79. The molecule has 0 atom stereocenters. The Morgan fingerprint density at radius 3 is 1.55 bits per heavy atom. The van der Waals surface area contributed by atoms with Crippen LogP contribution in [0.3, 0.4) is 0 Å². The van der Waals surface area contributed by atoms with Gasteiger partial charge in [-0.05, 0) is 67.0 Å². The van der Waals surface area contributed by atoms with Crippen LogP contribution in [0.4, 0.5) is 34.1 Å². The Balaban J connectivity index is 0.00000324. The van der Waals surface area contributed by atoms with Gasteiger partial charge in [-0.25, -0.2) is 0 Å². The predicted octanol–water partition coefficient (Wildman–Crippen LogP) is 9.26.